The minimum Gasteiger partial charge on any atom is -0.330 e. The summed E-state index contributed by atoms with van der Waals surface area (Å²) in [6.45, 7) is 4.39. The molecule has 1 atom stereocenters. The highest BCUT2D eigenvalue weighted by atomic mass is 19.1. The Kier molecular flexibility index (Phi) is 4.83. The monoisotopic (exact) mass is 344 g/mol. The molecule has 0 bridgehead atoms. The molecule has 0 spiro atoms. The van der Waals surface area contributed by atoms with Gasteiger partial charge < -0.3 is 10.2 Å². The van der Waals surface area contributed by atoms with Crippen LogP contribution < -0.4 is 5.32 Å². The van der Waals surface area contributed by atoms with Crippen LogP contribution in [0.5, 0.6) is 0 Å². The van der Waals surface area contributed by atoms with Crippen molar-refractivity contribution in [1.29, 1.82) is 0 Å². The molecule has 1 saturated heterocycles. The Bertz CT molecular complexity index is 773. The maximum atomic E-state index is 14.3. The highest BCUT2D eigenvalue weighted by Crippen LogP contribution is 2.22. The van der Waals surface area contributed by atoms with E-state index in [0.29, 0.717) is 24.3 Å². The first-order valence-electron chi connectivity index (χ1n) is 8.37. The van der Waals surface area contributed by atoms with Gasteiger partial charge in [0, 0.05) is 31.0 Å². The first-order chi connectivity index (χ1) is 12.0. The number of anilines is 1. The zero-order valence-electron chi connectivity index (χ0n) is 14.3. The van der Waals surface area contributed by atoms with Gasteiger partial charge in [0.25, 0.3) is 0 Å². The van der Waals surface area contributed by atoms with Gasteiger partial charge in [-0.3, -0.25) is 9.59 Å². The molecular formula is C18H21FN4O2. The summed E-state index contributed by atoms with van der Waals surface area (Å²) in [6.07, 6.45) is 4.45. The molecule has 0 aliphatic carbocycles. The van der Waals surface area contributed by atoms with Gasteiger partial charge in [-0.1, -0.05) is 13.8 Å². The van der Waals surface area contributed by atoms with Gasteiger partial charge in [0.05, 0.1) is 0 Å². The summed E-state index contributed by atoms with van der Waals surface area (Å²) in [5, 5.41) is 6.73. The molecule has 2 amide bonds. The van der Waals surface area contributed by atoms with E-state index in [1.165, 1.54) is 10.7 Å². The summed E-state index contributed by atoms with van der Waals surface area (Å²) < 4.78 is 15.7. The number of carbonyl (C=O) groups excluding carboxylic acids is 2. The number of nitrogens with one attached hydrogen (secondary N) is 1. The van der Waals surface area contributed by atoms with E-state index in [4.69, 9.17) is 0 Å². The fraction of sp³-hybridized carbons (Fsp3) is 0.389. The summed E-state index contributed by atoms with van der Waals surface area (Å²) in [5.41, 5.74) is 0.661. The molecule has 1 aliphatic heterocycles. The summed E-state index contributed by atoms with van der Waals surface area (Å²) in [7, 11) is 0. The lowest BCUT2D eigenvalue weighted by atomic mass is 10.0. The van der Waals surface area contributed by atoms with E-state index >= 15 is 0 Å². The van der Waals surface area contributed by atoms with Crippen molar-refractivity contribution in [3.63, 3.8) is 0 Å². The Labute approximate surface area is 145 Å². The van der Waals surface area contributed by atoms with Crippen LogP contribution in [0.1, 0.15) is 26.7 Å². The molecule has 0 unspecified atom stereocenters. The number of hydrogen-bond donors (Lipinski definition) is 1. The maximum Gasteiger partial charge on any atom is 0.247 e. The van der Waals surface area contributed by atoms with Crippen molar-refractivity contribution < 1.29 is 14.0 Å². The summed E-state index contributed by atoms with van der Waals surface area (Å²) in [5.74, 6) is -0.819. The Morgan fingerprint density at radius 2 is 2.16 bits per heavy atom. The van der Waals surface area contributed by atoms with Gasteiger partial charge in [-0.2, -0.15) is 5.10 Å². The van der Waals surface area contributed by atoms with Crippen LogP contribution >= 0.6 is 0 Å². The highest BCUT2D eigenvalue weighted by Gasteiger charge is 2.34. The van der Waals surface area contributed by atoms with Crippen molar-refractivity contribution in [3.8, 4) is 5.69 Å². The van der Waals surface area contributed by atoms with Crippen molar-refractivity contribution in [1.82, 2.24) is 14.7 Å². The second kappa shape index (κ2) is 7.04. The minimum absolute atomic E-state index is 0.00550. The van der Waals surface area contributed by atoms with Gasteiger partial charge >= 0.3 is 0 Å². The number of carbonyl (C=O) groups is 2. The third-order valence-corrected chi connectivity index (χ3v) is 4.31. The largest absolute Gasteiger partial charge is 0.330 e. The molecule has 25 heavy (non-hydrogen) atoms. The molecule has 3 rings (SSSR count). The van der Waals surface area contributed by atoms with E-state index in [9.17, 15) is 14.0 Å². The number of amides is 2. The maximum absolute atomic E-state index is 14.3. The lowest BCUT2D eigenvalue weighted by Crippen LogP contribution is -2.47. The highest BCUT2D eigenvalue weighted by molar-refractivity contribution is 5.97. The van der Waals surface area contributed by atoms with Gasteiger partial charge in [-0.15, -0.1) is 0 Å². The lowest BCUT2D eigenvalue weighted by molar-refractivity contribution is -0.136. The summed E-state index contributed by atoms with van der Waals surface area (Å²) in [4.78, 5) is 26.3. The van der Waals surface area contributed by atoms with Gasteiger partial charge in [0.15, 0.2) is 5.82 Å². The first kappa shape index (κ1) is 17.1. The second-order valence-corrected chi connectivity index (χ2v) is 6.49. The molecule has 2 heterocycles. The van der Waals surface area contributed by atoms with Gasteiger partial charge in [-0.25, -0.2) is 9.07 Å². The van der Waals surface area contributed by atoms with Crippen LogP contribution in [0, 0.1) is 11.7 Å². The number of halogens is 1. The van der Waals surface area contributed by atoms with Crippen LogP contribution in [-0.2, 0) is 9.59 Å². The molecule has 2 aromatic rings. The van der Waals surface area contributed by atoms with Crippen LogP contribution in [0.15, 0.2) is 36.7 Å². The number of hydrogen-bond acceptors (Lipinski definition) is 3. The smallest absolute Gasteiger partial charge is 0.247 e. The Morgan fingerprint density at radius 3 is 2.72 bits per heavy atom. The van der Waals surface area contributed by atoms with Gasteiger partial charge in [0.1, 0.15) is 11.7 Å². The molecule has 132 valence electrons. The standard InChI is InChI=1S/C18H21FN4O2/c1-12(2)17(22-9-3-5-16(22)24)18(25)21-13-6-7-15(14(19)11-13)23-10-4-8-20-23/h4,6-8,10-12,17H,3,5,9H2,1-2H3,(H,21,25)/t17-/m1/s1. The average molecular weight is 344 g/mol. The van der Waals surface area contributed by atoms with Crippen molar-refractivity contribution in [2.45, 2.75) is 32.7 Å². The molecule has 0 saturated carbocycles. The summed E-state index contributed by atoms with van der Waals surface area (Å²) in [6, 6.07) is 5.60. The molecule has 1 fully saturated rings. The Morgan fingerprint density at radius 1 is 1.36 bits per heavy atom. The number of benzene rings is 1. The van der Waals surface area contributed by atoms with Gasteiger partial charge in [-0.05, 0) is 36.6 Å². The van der Waals surface area contributed by atoms with E-state index in [2.05, 4.69) is 10.4 Å². The van der Waals surface area contributed by atoms with Crippen LogP contribution in [0.4, 0.5) is 10.1 Å². The number of rotatable bonds is 5. The number of nitrogens with zero attached hydrogens (tertiary/aromatic N) is 3. The second-order valence-electron chi connectivity index (χ2n) is 6.49. The van der Waals surface area contributed by atoms with E-state index in [1.54, 1.807) is 35.5 Å². The van der Waals surface area contributed by atoms with Crippen molar-refractivity contribution in [2.75, 3.05) is 11.9 Å². The average Bonchev–Trinajstić information content (AvgIpc) is 3.20. The molecule has 1 N–H and O–H groups in total. The normalized spacial score (nSPS) is 15.7. The van der Waals surface area contributed by atoms with Crippen molar-refractivity contribution >= 4 is 17.5 Å². The van der Waals surface area contributed by atoms with Gasteiger partial charge in [0.2, 0.25) is 11.8 Å². The molecule has 7 heteroatoms. The molecule has 1 aromatic heterocycles. The predicted octanol–water partition coefficient (Wildman–Crippen LogP) is 2.60. The lowest BCUT2D eigenvalue weighted by Gasteiger charge is -2.29. The minimum atomic E-state index is -0.552. The zero-order chi connectivity index (χ0) is 18.0. The summed E-state index contributed by atoms with van der Waals surface area (Å²) >= 11 is 0. The zero-order valence-corrected chi connectivity index (χ0v) is 14.3. The van der Waals surface area contributed by atoms with Crippen LogP contribution in [0.3, 0.4) is 0 Å². The SMILES string of the molecule is CC(C)[C@H](C(=O)Nc1ccc(-n2cccn2)c(F)c1)N1CCCC1=O. The van der Waals surface area contributed by atoms with E-state index in [0.717, 1.165) is 6.42 Å². The molecule has 1 aromatic carbocycles. The van der Waals surface area contributed by atoms with Crippen LogP contribution in [0.25, 0.3) is 5.69 Å². The topological polar surface area (TPSA) is 67.2 Å². The molecule has 0 radical (unpaired) electrons. The van der Waals surface area contributed by atoms with E-state index < -0.39 is 11.9 Å². The Hall–Kier alpha value is -2.70. The number of likely N-dealkylation sites (tertiary alicyclic amines) is 1. The fourth-order valence-electron chi connectivity index (χ4n) is 3.17. The predicted molar refractivity (Wildman–Crippen MR) is 91.7 cm³/mol. The molecule has 1 aliphatic rings. The molecule has 6 nitrogen and oxygen atoms in total. The van der Waals surface area contributed by atoms with Crippen LogP contribution in [0.2, 0.25) is 0 Å². The Balaban J connectivity index is 1.77. The first-order valence-corrected chi connectivity index (χ1v) is 8.37. The third kappa shape index (κ3) is 3.55. The quantitative estimate of drug-likeness (QED) is 0.906. The molecular weight excluding hydrogens is 323 g/mol. The van der Waals surface area contributed by atoms with Crippen molar-refractivity contribution in [3.05, 3.63) is 42.5 Å². The van der Waals surface area contributed by atoms with Crippen LogP contribution in [-0.4, -0.2) is 39.1 Å². The van der Waals surface area contributed by atoms with Crippen molar-refractivity contribution in [2.24, 2.45) is 5.92 Å². The number of aromatic nitrogens is 2. The van der Waals surface area contributed by atoms with E-state index in [1.807, 2.05) is 13.8 Å². The fourth-order valence-corrected chi connectivity index (χ4v) is 3.17. The van der Waals surface area contributed by atoms with E-state index in [-0.39, 0.29) is 17.7 Å². The third-order valence-electron chi connectivity index (χ3n) is 4.31.